The smallest absolute Gasteiger partial charge is 0.217 e. The van der Waals surface area contributed by atoms with E-state index in [4.69, 9.17) is 5.73 Å². The van der Waals surface area contributed by atoms with Gasteiger partial charge in [-0.25, -0.2) is 0 Å². The van der Waals surface area contributed by atoms with Crippen molar-refractivity contribution in [2.75, 3.05) is 5.75 Å². The Morgan fingerprint density at radius 3 is 3.00 bits per heavy atom. The average Bonchev–Trinajstić information content (AvgIpc) is 2.55. The van der Waals surface area contributed by atoms with Crippen LogP contribution in [-0.2, 0) is 4.79 Å². The lowest BCUT2D eigenvalue weighted by molar-refractivity contribution is -0.118. The van der Waals surface area contributed by atoms with Crippen molar-refractivity contribution >= 4 is 29.0 Å². The highest BCUT2D eigenvalue weighted by molar-refractivity contribution is 8.01. The summed E-state index contributed by atoms with van der Waals surface area (Å²) < 4.78 is 1.35. The molecule has 1 heterocycles. The Kier molecular flexibility index (Phi) is 4.93. The van der Waals surface area contributed by atoms with Gasteiger partial charge in [-0.2, -0.15) is 0 Å². The van der Waals surface area contributed by atoms with Gasteiger partial charge in [-0.15, -0.1) is 23.1 Å². The second kappa shape index (κ2) is 6.05. The fourth-order valence-electron chi connectivity index (χ4n) is 0.920. The van der Waals surface area contributed by atoms with Gasteiger partial charge in [-0.05, 0) is 30.0 Å². The van der Waals surface area contributed by atoms with E-state index in [2.05, 4.69) is 17.5 Å². The zero-order chi connectivity index (χ0) is 9.52. The number of primary amides is 1. The van der Waals surface area contributed by atoms with Crippen LogP contribution in [0.5, 0.6) is 0 Å². The molecule has 13 heavy (non-hydrogen) atoms. The van der Waals surface area contributed by atoms with Crippen LogP contribution in [0.15, 0.2) is 21.7 Å². The molecule has 0 saturated heterocycles. The Labute approximate surface area is 86.5 Å². The molecule has 0 radical (unpaired) electrons. The summed E-state index contributed by atoms with van der Waals surface area (Å²) in [5, 5.41) is 2.08. The molecule has 2 nitrogen and oxygen atoms in total. The first-order chi connectivity index (χ1) is 6.29. The summed E-state index contributed by atoms with van der Waals surface area (Å²) >= 11 is 3.60. The standard InChI is InChI=1S/C9H13NOS2/c10-8(11)4-1-2-6-12-9-5-3-7-13-9/h3,5,7H,1-2,4,6H2,(H2,10,11). The van der Waals surface area contributed by atoms with E-state index in [0.717, 1.165) is 18.6 Å². The lowest BCUT2D eigenvalue weighted by atomic mass is 10.2. The quantitative estimate of drug-likeness (QED) is 0.585. The summed E-state index contributed by atoms with van der Waals surface area (Å²) in [6, 6.07) is 4.17. The van der Waals surface area contributed by atoms with Crippen molar-refractivity contribution in [3.63, 3.8) is 0 Å². The van der Waals surface area contributed by atoms with Gasteiger partial charge in [0.1, 0.15) is 0 Å². The van der Waals surface area contributed by atoms with Crippen LogP contribution in [0.1, 0.15) is 19.3 Å². The molecule has 0 saturated carbocycles. The monoisotopic (exact) mass is 215 g/mol. The molecule has 0 aliphatic carbocycles. The van der Waals surface area contributed by atoms with Gasteiger partial charge < -0.3 is 5.73 Å². The number of unbranched alkanes of at least 4 members (excludes halogenated alkanes) is 1. The first-order valence-corrected chi connectivity index (χ1v) is 6.10. The Hall–Kier alpha value is -0.480. The summed E-state index contributed by atoms with van der Waals surface area (Å²) in [5.41, 5.74) is 5.03. The van der Waals surface area contributed by atoms with E-state index in [-0.39, 0.29) is 5.91 Å². The van der Waals surface area contributed by atoms with Gasteiger partial charge in [0.15, 0.2) is 0 Å². The second-order valence-electron chi connectivity index (χ2n) is 2.70. The van der Waals surface area contributed by atoms with Gasteiger partial charge in [0.05, 0.1) is 4.21 Å². The number of thioether (sulfide) groups is 1. The van der Waals surface area contributed by atoms with Crippen LogP contribution in [-0.4, -0.2) is 11.7 Å². The van der Waals surface area contributed by atoms with Crippen molar-refractivity contribution in [3.05, 3.63) is 17.5 Å². The van der Waals surface area contributed by atoms with Gasteiger partial charge in [0.2, 0.25) is 5.91 Å². The van der Waals surface area contributed by atoms with Crippen LogP contribution in [0, 0.1) is 0 Å². The third kappa shape index (κ3) is 4.95. The topological polar surface area (TPSA) is 43.1 Å². The Morgan fingerprint density at radius 1 is 1.54 bits per heavy atom. The van der Waals surface area contributed by atoms with Gasteiger partial charge in [0.25, 0.3) is 0 Å². The van der Waals surface area contributed by atoms with Crippen molar-refractivity contribution in [2.45, 2.75) is 23.5 Å². The number of rotatable bonds is 6. The van der Waals surface area contributed by atoms with E-state index in [1.54, 1.807) is 11.3 Å². The molecule has 1 aromatic heterocycles. The molecule has 0 bridgehead atoms. The van der Waals surface area contributed by atoms with E-state index >= 15 is 0 Å². The summed E-state index contributed by atoms with van der Waals surface area (Å²) in [7, 11) is 0. The van der Waals surface area contributed by atoms with Gasteiger partial charge in [-0.1, -0.05) is 6.07 Å². The molecule has 72 valence electrons. The maximum atomic E-state index is 10.4. The molecule has 2 N–H and O–H groups in total. The number of amides is 1. The molecule has 0 unspecified atom stereocenters. The largest absolute Gasteiger partial charge is 0.370 e. The van der Waals surface area contributed by atoms with Crippen molar-refractivity contribution in [1.29, 1.82) is 0 Å². The average molecular weight is 215 g/mol. The second-order valence-corrected chi connectivity index (χ2v) is 5.05. The number of nitrogens with two attached hydrogens (primary N) is 1. The Bertz CT molecular complexity index is 246. The van der Waals surface area contributed by atoms with Crippen LogP contribution in [0.25, 0.3) is 0 Å². The molecular weight excluding hydrogens is 202 g/mol. The van der Waals surface area contributed by atoms with E-state index in [0.29, 0.717) is 6.42 Å². The zero-order valence-electron chi connectivity index (χ0n) is 7.36. The first kappa shape index (κ1) is 10.6. The van der Waals surface area contributed by atoms with E-state index < -0.39 is 0 Å². The van der Waals surface area contributed by atoms with Gasteiger partial charge >= 0.3 is 0 Å². The van der Waals surface area contributed by atoms with Crippen LogP contribution >= 0.6 is 23.1 Å². The molecule has 1 aromatic rings. The summed E-state index contributed by atoms with van der Waals surface area (Å²) in [6.07, 6.45) is 2.49. The molecule has 1 amide bonds. The van der Waals surface area contributed by atoms with Gasteiger partial charge in [-0.3, -0.25) is 4.79 Å². The molecule has 4 heteroatoms. The van der Waals surface area contributed by atoms with Crippen molar-refractivity contribution in [2.24, 2.45) is 5.73 Å². The molecule has 0 aromatic carbocycles. The third-order valence-electron chi connectivity index (χ3n) is 1.56. The van der Waals surface area contributed by atoms with Crippen LogP contribution in [0.3, 0.4) is 0 Å². The molecule has 0 atom stereocenters. The van der Waals surface area contributed by atoms with Crippen LogP contribution in [0.2, 0.25) is 0 Å². The lowest BCUT2D eigenvalue weighted by Crippen LogP contribution is -2.09. The van der Waals surface area contributed by atoms with Crippen LogP contribution < -0.4 is 5.73 Å². The molecule has 0 spiro atoms. The fraction of sp³-hybridized carbons (Fsp3) is 0.444. The molecule has 1 rings (SSSR count). The summed E-state index contributed by atoms with van der Waals surface area (Å²) in [5.74, 6) is 0.884. The minimum absolute atomic E-state index is 0.193. The summed E-state index contributed by atoms with van der Waals surface area (Å²) in [4.78, 5) is 10.4. The molecule has 0 fully saturated rings. The fourth-order valence-corrected chi connectivity index (χ4v) is 2.78. The van der Waals surface area contributed by atoms with Crippen LogP contribution in [0.4, 0.5) is 0 Å². The third-order valence-corrected chi connectivity index (χ3v) is 3.77. The normalized spacial score (nSPS) is 10.2. The molecule has 0 aliphatic rings. The Balaban J connectivity index is 1.99. The highest BCUT2D eigenvalue weighted by Crippen LogP contribution is 2.24. The van der Waals surface area contributed by atoms with Crippen molar-refractivity contribution < 1.29 is 4.79 Å². The van der Waals surface area contributed by atoms with E-state index in [9.17, 15) is 4.79 Å². The summed E-state index contributed by atoms with van der Waals surface area (Å²) in [6.45, 7) is 0. The van der Waals surface area contributed by atoms with E-state index in [1.807, 2.05) is 11.8 Å². The number of thiophene rings is 1. The number of hydrogen-bond donors (Lipinski definition) is 1. The van der Waals surface area contributed by atoms with Gasteiger partial charge in [0, 0.05) is 6.42 Å². The molecule has 0 aliphatic heterocycles. The minimum atomic E-state index is -0.193. The Morgan fingerprint density at radius 2 is 2.38 bits per heavy atom. The lowest BCUT2D eigenvalue weighted by Gasteiger charge is -1.97. The van der Waals surface area contributed by atoms with Crippen molar-refractivity contribution in [1.82, 2.24) is 0 Å². The molecular formula is C9H13NOS2. The maximum absolute atomic E-state index is 10.4. The van der Waals surface area contributed by atoms with E-state index in [1.165, 1.54) is 4.21 Å². The first-order valence-electron chi connectivity index (χ1n) is 4.23. The number of carbonyl (C=O) groups is 1. The minimum Gasteiger partial charge on any atom is -0.370 e. The van der Waals surface area contributed by atoms with Crippen molar-refractivity contribution in [3.8, 4) is 0 Å². The highest BCUT2D eigenvalue weighted by Gasteiger charge is 1.96. The predicted octanol–water partition coefficient (Wildman–Crippen LogP) is 2.50. The number of carbonyl (C=O) groups excluding carboxylic acids is 1. The predicted molar refractivity (Wildman–Crippen MR) is 58.1 cm³/mol. The zero-order valence-corrected chi connectivity index (χ0v) is 9.00. The SMILES string of the molecule is NC(=O)CCCCSc1cccs1. The maximum Gasteiger partial charge on any atom is 0.217 e. The number of hydrogen-bond acceptors (Lipinski definition) is 3. The highest BCUT2D eigenvalue weighted by atomic mass is 32.2.